The number of amides is 4. The van der Waals surface area contributed by atoms with E-state index in [4.69, 9.17) is 10.5 Å². The molecule has 19 heavy (non-hydrogen) atoms. The minimum atomic E-state index is -1.26. The average molecular weight is 269 g/mol. The first-order valence-corrected chi connectivity index (χ1v) is 6.48. The summed E-state index contributed by atoms with van der Waals surface area (Å²) in [5.41, 5.74) is 4.19. The van der Waals surface area contributed by atoms with Crippen LogP contribution in [0.25, 0.3) is 0 Å². The van der Waals surface area contributed by atoms with Crippen molar-refractivity contribution in [3.63, 3.8) is 0 Å². The summed E-state index contributed by atoms with van der Waals surface area (Å²) >= 11 is 0. The molecule has 0 radical (unpaired) electrons. The maximum Gasteiger partial charge on any atom is 0.330 e. The highest BCUT2D eigenvalue weighted by atomic mass is 16.5. The van der Waals surface area contributed by atoms with E-state index in [0.29, 0.717) is 6.61 Å². The van der Waals surface area contributed by atoms with Crippen molar-refractivity contribution in [3.8, 4) is 0 Å². The normalized spacial score (nSPS) is 31.8. The largest absolute Gasteiger partial charge is 0.376 e. The van der Waals surface area contributed by atoms with Crippen LogP contribution in [0, 0.1) is 5.41 Å². The minimum Gasteiger partial charge on any atom is -0.376 e. The second-order valence-electron chi connectivity index (χ2n) is 5.18. The smallest absolute Gasteiger partial charge is 0.330 e. The summed E-state index contributed by atoms with van der Waals surface area (Å²) in [7, 11) is 0. The molecule has 2 aliphatic rings. The van der Waals surface area contributed by atoms with Crippen molar-refractivity contribution >= 4 is 17.8 Å². The molecule has 0 aromatic heterocycles. The summed E-state index contributed by atoms with van der Waals surface area (Å²) in [5, 5.41) is 2.23. The average Bonchev–Trinajstić information content (AvgIpc) is 2.86. The summed E-state index contributed by atoms with van der Waals surface area (Å²) in [6.07, 6.45) is 1.82. The van der Waals surface area contributed by atoms with Gasteiger partial charge in [-0.3, -0.25) is 19.8 Å². The van der Waals surface area contributed by atoms with Crippen molar-refractivity contribution in [3.05, 3.63) is 0 Å². The minimum absolute atomic E-state index is 0.134. The Bertz CT molecular complexity index is 406. The van der Waals surface area contributed by atoms with E-state index >= 15 is 0 Å². The summed E-state index contributed by atoms with van der Waals surface area (Å²) in [6, 6.07) is -0.667. The topological polar surface area (TPSA) is 102 Å². The lowest BCUT2D eigenvalue weighted by Crippen LogP contribution is -2.64. The van der Waals surface area contributed by atoms with E-state index in [1.165, 1.54) is 6.92 Å². The summed E-state index contributed by atoms with van der Waals surface area (Å²) < 4.78 is 5.42. The molecule has 0 saturated carbocycles. The molecule has 0 aliphatic carbocycles. The zero-order valence-corrected chi connectivity index (χ0v) is 11.0. The van der Waals surface area contributed by atoms with Crippen molar-refractivity contribution in [2.24, 2.45) is 11.1 Å². The summed E-state index contributed by atoms with van der Waals surface area (Å²) in [4.78, 5) is 37.1. The molecule has 0 aromatic carbocycles. The van der Waals surface area contributed by atoms with Crippen LogP contribution in [0.5, 0.6) is 0 Å². The molecule has 3 N–H and O–H groups in total. The SMILES string of the molecule is CC1(CCN)C(=O)NC(=O)N(CC2CCCO2)C1=O. The van der Waals surface area contributed by atoms with Gasteiger partial charge in [-0.15, -0.1) is 0 Å². The summed E-state index contributed by atoms with van der Waals surface area (Å²) in [6.45, 7) is 2.56. The lowest BCUT2D eigenvalue weighted by molar-refractivity contribution is -0.151. The van der Waals surface area contributed by atoms with E-state index in [0.717, 1.165) is 17.7 Å². The molecule has 0 bridgehead atoms. The number of hydrogen-bond acceptors (Lipinski definition) is 5. The van der Waals surface area contributed by atoms with E-state index < -0.39 is 23.3 Å². The van der Waals surface area contributed by atoms with Crippen LogP contribution in [0.4, 0.5) is 4.79 Å². The molecule has 2 saturated heterocycles. The van der Waals surface area contributed by atoms with E-state index in [1.54, 1.807) is 0 Å². The van der Waals surface area contributed by atoms with Crippen LogP contribution in [0.3, 0.4) is 0 Å². The third-order valence-corrected chi connectivity index (χ3v) is 3.74. The van der Waals surface area contributed by atoms with Gasteiger partial charge in [0.2, 0.25) is 11.8 Å². The molecular weight excluding hydrogens is 250 g/mol. The molecular formula is C12H19N3O4. The van der Waals surface area contributed by atoms with Gasteiger partial charge in [0.1, 0.15) is 5.41 Å². The molecule has 2 unspecified atom stereocenters. The standard InChI is InChI=1S/C12H19N3O4/c1-12(4-5-13)9(16)14-11(18)15(10(12)17)7-8-3-2-6-19-8/h8H,2-7,13H2,1H3,(H,14,16,18). The Morgan fingerprint density at radius 2 is 2.21 bits per heavy atom. The Kier molecular flexibility index (Phi) is 3.86. The number of carbonyl (C=O) groups is 3. The molecule has 2 fully saturated rings. The molecule has 7 nitrogen and oxygen atoms in total. The number of ether oxygens (including phenoxy) is 1. The lowest BCUT2D eigenvalue weighted by Gasteiger charge is -2.37. The zero-order valence-electron chi connectivity index (χ0n) is 11.0. The van der Waals surface area contributed by atoms with Crippen molar-refractivity contribution in [1.82, 2.24) is 10.2 Å². The zero-order chi connectivity index (χ0) is 14.0. The monoisotopic (exact) mass is 269 g/mol. The van der Waals surface area contributed by atoms with Crippen LogP contribution in [0.2, 0.25) is 0 Å². The first kappa shape index (κ1) is 14.0. The second kappa shape index (κ2) is 5.26. The Balaban J connectivity index is 2.15. The molecule has 106 valence electrons. The molecule has 2 aliphatic heterocycles. The number of carbonyl (C=O) groups excluding carboxylic acids is 3. The van der Waals surface area contributed by atoms with Gasteiger partial charge in [-0.25, -0.2) is 4.79 Å². The fraction of sp³-hybridized carbons (Fsp3) is 0.750. The van der Waals surface area contributed by atoms with Crippen LogP contribution >= 0.6 is 0 Å². The van der Waals surface area contributed by atoms with E-state index in [2.05, 4.69) is 5.32 Å². The fourth-order valence-electron chi connectivity index (χ4n) is 2.46. The van der Waals surface area contributed by atoms with Crippen molar-refractivity contribution in [2.75, 3.05) is 19.7 Å². The van der Waals surface area contributed by atoms with E-state index in [1.807, 2.05) is 0 Å². The first-order chi connectivity index (χ1) is 8.99. The fourth-order valence-corrected chi connectivity index (χ4v) is 2.46. The molecule has 2 heterocycles. The van der Waals surface area contributed by atoms with Gasteiger partial charge in [-0.1, -0.05) is 0 Å². The second-order valence-corrected chi connectivity index (χ2v) is 5.18. The maximum atomic E-state index is 12.4. The van der Waals surface area contributed by atoms with Crippen LogP contribution in [-0.4, -0.2) is 48.5 Å². The van der Waals surface area contributed by atoms with Crippen molar-refractivity contribution < 1.29 is 19.1 Å². The number of nitrogens with two attached hydrogens (primary N) is 1. The highest BCUT2D eigenvalue weighted by molar-refractivity contribution is 6.18. The molecule has 0 spiro atoms. The Labute approximate surface area is 111 Å². The number of nitrogens with one attached hydrogen (secondary N) is 1. The van der Waals surface area contributed by atoms with E-state index in [9.17, 15) is 14.4 Å². The van der Waals surface area contributed by atoms with Crippen molar-refractivity contribution in [1.29, 1.82) is 0 Å². The Morgan fingerprint density at radius 3 is 2.79 bits per heavy atom. The third-order valence-electron chi connectivity index (χ3n) is 3.74. The predicted octanol–water partition coefficient (Wildman–Crippen LogP) is -0.401. The number of urea groups is 1. The van der Waals surface area contributed by atoms with Gasteiger partial charge in [0.05, 0.1) is 12.6 Å². The molecule has 4 amide bonds. The van der Waals surface area contributed by atoms with Crippen LogP contribution < -0.4 is 11.1 Å². The van der Waals surface area contributed by atoms with Gasteiger partial charge in [-0.2, -0.15) is 0 Å². The van der Waals surface area contributed by atoms with Gasteiger partial charge < -0.3 is 10.5 Å². The van der Waals surface area contributed by atoms with E-state index in [-0.39, 0.29) is 25.6 Å². The number of nitrogens with zero attached hydrogens (tertiary/aromatic N) is 1. The van der Waals surface area contributed by atoms with Gasteiger partial charge in [-0.05, 0) is 32.7 Å². The molecule has 0 aromatic rings. The number of hydrogen-bond donors (Lipinski definition) is 2. The van der Waals surface area contributed by atoms with Gasteiger partial charge >= 0.3 is 6.03 Å². The molecule has 7 heteroatoms. The van der Waals surface area contributed by atoms with Gasteiger partial charge in [0.25, 0.3) is 0 Å². The highest BCUT2D eigenvalue weighted by Gasteiger charge is 2.50. The first-order valence-electron chi connectivity index (χ1n) is 6.48. The van der Waals surface area contributed by atoms with Gasteiger partial charge in [0.15, 0.2) is 0 Å². The number of imide groups is 2. The van der Waals surface area contributed by atoms with Crippen LogP contribution in [-0.2, 0) is 14.3 Å². The Hall–Kier alpha value is -1.47. The third kappa shape index (κ3) is 2.48. The Morgan fingerprint density at radius 1 is 1.47 bits per heavy atom. The number of rotatable bonds is 4. The van der Waals surface area contributed by atoms with Crippen molar-refractivity contribution in [2.45, 2.75) is 32.3 Å². The quantitative estimate of drug-likeness (QED) is 0.676. The molecule has 2 atom stereocenters. The predicted molar refractivity (Wildman–Crippen MR) is 66.0 cm³/mol. The highest BCUT2D eigenvalue weighted by Crippen LogP contribution is 2.28. The molecule has 2 rings (SSSR count). The van der Waals surface area contributed by atoms with Gasteiger partial charge in [0, 0.05) is 6.61 Å². The number of barbiturate groups is 1. The van der Waals surface area contributed by atoms with Crippen LogP contribution in [0.15, 0.2) is 0 Å². The lowest BCUT2D eigenvalue weighted by atomic mass is 9.82. The maximum absolute atomic E-state index is 12.4. The van der Waals surface area contributed by atoms with Crippen LogP contribution in [0.1, 0.15) is 26.2 Å². The summed E-state index contributed by atoms with van der Waals surface area (Å²) in [5.74, 6) is -1.06.